The summed E-state index contributed by atoms with van der Waals surface area (Å²) >= 11 is 0. The van der Waals surface area contributed by atoms with E-state index >= 15 is 0 Å². The van der Waals surface area contributed by atoms with E-state index < -0.39 is 34.8 Å². The fourth-order valence-corrected chi connectivity index (χ4v) is 3.43. The van der Waals surface area contributed by atoms with E-state index in [9.17, 15) is 22.8 Å². The van der Waals surface area contributed by atoms with Gasteiger partial charge in [-0.15, -0.1) is 0 Å². The predicted molar refractivity (Wildman–Crippen MR) is 98.4 cm³/mol. The molecule has 0 spiro atoms. The number of aromatic nitrogens is 2. The highest BCUT2D eigenvalue weighted by Crippen LogP contribution is 2.29. The molecule has 3 N–H and O–H groups in total. The lowest BCUT2D eigenvalue weighted by Gasteiger charge is -2.08. The first kappa shape index (κ1) is 18.7. The second-order valence-corrected chi connectivity index (χ2v) is 6.65. The summed E-state index contributed by atoms with van der Waals surface area (Å²) in [6.07, 6.45) is 2.10. The number of hydrogen-bond donors (Lipinski definition) is 2. The number of rotatable bonds is 4. The second-order valence-electron chi connectivity index (χ2n) is 6.65. The van der Waals surface area contributed by atoms with Crippen LogP contribution in [0.15, 0.2) is 36.4 Å². The van der Waals surface area contributed by atoms with Gasteiger partial charge < -0.3 is 11.1 Å². The van der Waals surface area contributed by atoms with E-state index in [2.05, 4.69) is 10.4 Å². The van der Waals surface area contributed by atoms with Crippen LogP contribution in [0.4, 0.5) is 18.9 Å². The molecule has 1 aromatic heterocycles. The zero-order valence-electron chi connectivity index (χ0n) is 15.0. The molecule has 29 heavy (non-hydrogen) atoms. The van der Waals surface area contributed by atoms with E-state index in [0.717, 1.165) is 18.2 Å². The van der Waals surface area contributed by atoms with Crippen molar-refractivity contribution < 1.29 is 22.8 Å². The maximum absolute atomic E-state index is 14.1. The number of carbonyl (C=O) groups is 2. The number of hydrogen-bond acceptors (Lipinski definition) is 3. The third kappa shape index (κ3) is 3.35. The van der Waals surface area contributed by atoms with Crippen LogP contribution in [0.5, 0.6) is 0 Å². The summed E-state index contributed by atoms with van der Waals surface area (Å²) in [5.74, 6) is -4.35. The molecule has 0 radical (unpaired) electrons. The van der Waals surface area contributed by atoms with Crippen LogP contribution in [-0.4, -0.2) is 21.6 Å². The first-order valence-electron chi connectivity index (χ1n) is 8.82. The van der Waals surface area contributed by atoms with Gasteiger partial charge in [-0.1, -0.05) is 0 Å². The first-order valence-corrected chi connectivity index (χ1v) is 8.82. The van der Waals surface area contributed by atoms with E-state index in [4.69, 9.17) is 5.73 Å². The molecule has 0 unspecified atom stereocenters. The summed E-state index contributed by atoms with van der Waals surface area (Å²) in [7, 11) is 0. The van der Waals surface area contributed by atoms with Crippen molar-refractivity contribution in [3.63, 3.8) is 0 Å². The Morgan fingerprint density at radius 1 is 1.03 bits per heavy atom. The second kappa shape index (κ2) is 7.08. The van der Waals surface area contributed by atoms with Gasteiger partial charge in [0.15, 0.2) is 5.69 Å². The molecular formula is C20H15F3N4O2. The molecule has 1 heterocycles. The topological polar surface area (TPSA) is 90.0 Å². The van der Waals surface area contributed by atoms with Gasteiger partial charge in [0.05, 0.1) is 16.9 Å². The van der Waals surface area contributed by atoms with Crippen molar-refractivity contribution in [3.05, 3.63) is 76.4 Å². The molecule has 0 fully saturated rings. The normalized spacial score (nSPS) is 12.7. The van der Waals surface area contributed by atoms with Crippen molar-refractivity contribution in [2.24, 2.45) is 5.73 Å². The van der Waals surface area contributed by atoms with Gasteiger partial charge in [-0.25, -0.2) is 17.9 Å². The standard InChI is InChI=1S/C20H15F3N4O2/c21-10-4-6-11(7-5-10)27-17-3-1-2-12(17)18(26-27)20(29)25-16-8-13(19(24)28)14(22)9-15(16)23/h4-9H,1-3H2,(H2,24,28)(H,25,29). The van der Waals surface area contributed by atoms with Crippen LogP contribution in [0.2, 0.25) is 0 Å². The predicted octanol–water partition coefficient (Wildman–Crippen LogP) is 3.13. The number of carbonyl (C=O) groups excluding carboxylic acids is 2. The third-order valence-corrected chi connectivity index (χ3v) is 4.79. The summed E-state index contributed by atoms with van der Waals surface area (Å²) in [4.78, 5) is 24.1. The lowest BCUT2D eigenvalue weighted by molar-refractivity contribution is 0.0991. The summed E-state index contributed by atoms with van der Waals surface area (Å²) in [6.45, 7) is 0. The number of anilines is 1. The van der Waals surface area contributed by atoms with Crippen LogP contribution in [0.1, 0.15) is 38.5 Å². The lowest BCUT2D eigenvalue weighted by atomic mass is 10.1. The summed E-state index contributed by atoms with van der Waals surface area (Å²) in [6, 6.07) is 7.00. The van der Waals surface area contributed by atoms with Crippen molar-refractivity contribution in [1.29, 1.82) is 0 Å². The zero-order valence-corrected chi connectivity index (χ0v) is 15.0. The van der Waals surface area contributed by atoms with Gasteiger partial charge in [0.1, 0.15) is 17.5 Å². The molecule has 4 rings (SSSR count). The largest absolute Gasteiger partial charge is 0.366 e. The minimum atomic E-state index is -1.12. The SMILES string of the molecule is NC(=O)c1cc(NC(=O)c2nn(-c3ccc(F)cc3)c3c2CCC3)c(F)cc1F. The molecule has 0 saturated carbocycles. The highest BCUT2D eigenvalue weighted by Gasteiger charge is 2.27. The molecule has 1 aliphatic carbocycles. The van der Waals surface area contributed by atoms with E-state index in [1.807, 2.05) is 0 Å². The first-order chi connectivity index (χ1) is 13.8. The van der Waals surface area contributed by atoms with Crippen LogP contribution in [0, 0.1) is 17.5 Å². The molecule has 9 heteroatoms. The van der Waals surface area contributed by atoms with Gasteiger partial charge in [0.2, 0.25) is 0 Å². The van der Waals surface area contributed by atoms with Gasteiger partial charge >= 0.3 is 0 Å². The van der Waals surface area contributed by atoms with Crippen molar-refractivity contribution in [1.82, 2.24) is 9.78 Å². The Labute approximate surface area is 163 Å². The number of nitrogens with one attached hydrogen (secondary N) is 1. The van der Waals surface area contributed by atoms with E-state index in [-0.39, 0.29) is 11.4 Å². The van der Waals surface area contributed by atoms with Crippen molar-refractivity contribution in [3.8, 4) is 5.69 Å². The van der Waals surface area contributed by atoms with Crippen LogP contribution >= 0.6 is 0 Å². The fourth-order valence-electron chi connectivity index (χ4n) is 3.43. The summed E-state index contributed by atoms with van der Waals surface area (Å²) in [5.41, 5.74) is 6.36. The number of halogens is 3. The quantitative estimate of drug-likeness (QED) is 0.705. The molecule has 3 aromatic rings. The lowest BCUT2D eigenvalue weighted by Crippen LogP contribution is -2.18. The maximum atomic E-state index is 14.1. The Bertz CT molecular complexity index is 1140. The van der Waals surface area contributed by atoms with Crippen molar-refractivity contribution >= 4 is 17.5 Å². The highest BCUT2D eigenvalue weighted by atomic mass is 19.1. The van der Waals surface area contributed by atoms with Gasteiger partial charge in [0, 0.05) is 17.3 Å². The number of benzene rings is 2. The van der Waals surface area contributed by atoms with Crippen LogP contribution in [-0.2, 0) is 12.8 Å². The van der Waals surface area contributed by atoms with Gasteiger partial charge in [-0.2, -0.15) is 5.10 Å². The molecule has 2 aromatic carbocycles. The van der Waals surface area contributed by atoms with Gasteiger partial charge in [-0.3, -0.25) is 9.59 Å². The maximum Gasteiger partial charge on any atom is 0.276 e. The molecule has 0 aliphatic heterocycles. The number of nitrogens with two attached hydrogens (primary N) is 1. The molecule has 0 atom stereocenters. The molecule has 2 amide bonds. The molecule has 1 aliphatic rings. The van der Waals surface area contributed by atoms with Crippen molar-refractivity contribution in [2.45, 2.75) is 19.3 Å². The Morgan fingerprint density at radius 2 is 1.76 bits per heavy atom. The zero-order chi connectivity index (χ0) is 20.7. The van der Waals surface area contributed by atoms with E-state index in [1.54, 1.807) is 16.8 Å². The molecule has 6 nitrogen and oxygen atoms in total. The monoisotopic (exact) mass is 400 g/mol. The highest BCUT2D eigenvalue weighted by molar-refractivity contribution is 6.05. The summed E-state index contributed by atoms with van der Waals surface area (Å²) in [5, 5.41) is 6.66. The third-order valence-electron chi connectivity index (χ3n) is 4.79. The average Bonchev–Trinajstić information content (AvgIpc) is 3.27. The Morgan fingerprint density at radius 3 is 2.45 bits per heavy atom. The molecule has 0 bridgehead atoms. The Kier molecular flexibility index (Phi) is 4.57. The van der Waals surface area contributed by atoms with Crippen LogP contribution in [0.25, 0.3) is 5.69 Å². The number of amides is 2. The summed E-state index contributed by atoms with van der Waals surface area (Å²) < 4.78 is 42.5. The van der Waals surface area contributed by atoms with Gasteiger partial charge in [-0.05, 0) is 49.6 Å². The smallest absolute Gasteiger partial charge is 0.276 e. The minimum Gasteiger partial charge on any atom is -0.366 e. The molecule has 0 saturated heterocycles. The number of fused-ring (bicyclic) bond motifs is 1. The van der Waals surface area contributed by atoms with Crippen LogP contribution < -0.4 is 11.1 Å². The van der Waals surface area contributed by atoms with Crippen molar-refractivity contribution in [2.75, 3.05) is 5.32 Å². The Hall–Kier alpha value is -3.62. The van der Waals surface area contributed by atoms with E-state index in [0.29, 0.717) is 30.2 Å². The number of nitrogens with zero attached hydrogens (tertiary/aromatic N) is 2. The average molecular weight is 400 g/mol. The molecular weight excluding hydrogens is 385 g/mol. The van der Waals surface area contributed by atoms with E-state index in [1.165, 1.54) is 12.1 Å². The van der Waals surface area contributed by atoms with Crippen LogP contribution in [0.3, 0.4) is 0 Å². The van der Waals surface area contributed by atoms with Gasteiger partial charge in [0.25, 0.3) is 11.8 Å². The number of primary amides is 1. The minimum absolute atomic E-state index is 0.0891. The molecule has 148 valence electrons. The fraction of sp³-hybridized carbons (Fsp3) is 0.150. The Balaban J connectivity index is 1.70.